The van der Waals surface area contributed by atoms with Gasteiger partial charge in [0.2, 0.25) is 11.8 Å². The average Bonchev–Trinajstić information content (AvgIpc) is 3.00. The van der Waals surface area contributed by atoms with E-state index in [1.165, 1.54) is 11.9 Å². The third-order valence-electron chi connectivity index (χ3n) is 4.62. The van der Waals surface area contributed by atoms with Gasteiger partial charge in [0.1, 0.15) is 0 Å². The zero-order valence-electron chi connectivity index (χ0n) is 12.9. The number of carbonyl (C=O) groups excluding carboxylic acids is 3. The Bertz CT molecular complexity index is 626. The molecule has 1 aromatic carbocycles. The van der Waals surface area contributed by atoms with Gasteiger partial charge < -0.3 is 10.2 Å². The highest BCUT2D eigenvalue weighted by Gasteiger charge is 2.52. The number of nitrogens with one attached hydrogen (secondary N) is 1. The van der Waals surface area contributed by atoms with Crippen molar-refractivity contribution in [3.63, 3.8) is 0 Å². The van der Waals surface area contributed by atoms with E-state index in [2.05, 4.69) is 5.32 Å². The van der Waals surface area contributed by atoms with Crippen molar-refractivity contribution in [3.05, 3.63) is 29.3 Å². The SMILES string of the molecule is Cc1cccc(C)c1NC(=O)N1C[C@@H]2C(=O)N(C)C(=O)[C@@H]2C1. The molecule has 116 valence electrons. The summed E-state index contributed by atoms with van der Waals surface area (Å²) in [6.45, 7) is 4.47. The van der Waals surface area contributed by atoms with Crippen molar-refractivity contribution in [1.82, 2.24) is 9.80 Å². The van der Waals surface area contributed by atoms with Crippen LogP contribution in [0.1, 0.15) is 11.1 Å². The molecule has 22 heavy (non-hydrogen) atoms. The second-order valence-electron chi connectivity index (χ2n) is 6.05. The van der Waals surface area contributed by atoms with Gasteiger partial charge in [0, 0.05) is 25.8 Å². The summed E-state index contributed by atoms with van der Waals surface area (Å²) in [7, 11) is 1.50. The molecule has 2 aliphatic heterocycles. The summed E-state index contributed by atoms with van der Waals surface area (Å²) in [5, 5.41) is 2.90. The van der Waals surface area contributed by atoms with E-state index >= 15 is 0 Å². The van der Waals surface area contributed by atoms with E-state index in [4.69, 9.17) is 0 Å². The highest BCUT2D eigenvalue weighted by molar-refractivity contribution is 6.06. The molecule has 1 N–H and O–H groups in total. The molecular formula is C16H19N3O3. The molecule has 0 saturated carbocycles. The molecule has 0 aliphatic carbocycles. The fraction of sp³-hybridized carbons (Fsp3) is 0.438. The molecule has 3 rings (SSSR count). The monoisotopic (exact) mass is 301 g/mol. The zero-order chi connectivity index (χ0) is 16.0. The van der Waals surface area contributed by atoms with Crippen LogP contribution in [0, 0.1) is 25.7 Å². The summed E-state index contributed by atoms with van der Waals surface area (Å²) >= 11 is 0. The highest BCUT2D eigenvalue weighted by Crippen LogP contribution is 2.33. The number of para-hydroxylation sites is 1. The van der Waals surface area contributed by atoms with Crippen molar-refractivity contribution < 1.29 is 14.4 Å². The van der Waals surface area contributed by atoms with Gasteiger partial charge in [0.15, 0.2) is 0 Å². The fourth-order valence-corrected chi connectivity index (χ4v) is 3.27. The van der Waals surface area contributed by atoms with Crippen LogP contribution in [0.4, 0.5) is 10.5 Å². The van der Waals surface area contributed by atoms with Gasteiger partial charge in [0.25, 0.3) is 0 Å². The molecule has 2 heterocycles. The number of likely N-dealkylation sites (tertiary alicyclic amines) is 2. The van der Waals surface area contributed by atoms with Crippen LogP contribution in [0.2, 0.25) is 0 Å². The van der Waals surface area contributed by atoms with Crippen LogP contribution in [0.3, 0.4) is 0 Å². The van der Waals surface area contributed by atoms with E-state index in [1.54, 1.807) is 4.90 Å². The Morgan fingerprint density at radius 3 is 2.09 bits per heavy atom. The Hall–Kier alpha value is -2.37. The number of aryl methyl sites for hydroxylation is 2. The summed E-state index contributed by atoms with van der Waals surface area (Å²) in [6.07, 6.45) is 0. The summed E-state index contributed by atoms with van der Waals surface area (Å²) in [6, 6.07) is 5.55. The molecule has 0 aromatic heterocycles. The smallest absolute Gasteiger partial charge is 0.321 e. The number of carbonyl (C=O) groups is 3. The lowest BCUT2D eigenvalue weighted by molar-refractivity contribution is -0.138. The minimum Gasteiger partial charge on any atom is -0.323 e. The lowest BCUT2D eigenvalue weighted by atomic mass is 10.00. The summed E-state index contributed by atoms with van der Waals surface area (Å²) in [5.74, 6) is -1.14. The molecule has 0 bridgehead atoms. The van der Waals surface area contributed by atoms with Crippen molar-refractivity contribution >= 4 is 23.5 Å². The van der Waals surface area contributed by atoms with Gasteiger partial charge in [-0.05, 0) is 25.0 Å². The molecule has 0 radical (unpaired) electrons. The molecule has 2 atom stereocenters. The highest BCUT2D eigenvalue weighted by atomic mass is 16.2. The van der Waals surface area contributed by atoms with Crippen LogP contribution in [0.15, 0.2) is 18.2 Å². The van der Waals surface area contributed by atoms with Gasteiger partial charge in [-0.1, -0.05) is 18.2 Å². The standard InChI is InChI=1S/C16H19N3O3/c1-9-5-4-6-10(2)13(9)17-16(22)19-7-11-12(8-19)15(21)18(3)14(11)20/h4-6,11-12H,7-8H2,1-3H3,(H,17,22)/t11-,12+. The predicted molar refractivity (Wildman–Crippen MR) is 81.3 cm³/mol. The van der Waals surface area contributed by atoms with Crippen molar-refractivity contribution in [2.24, 2.45) is 11.8 Å². The van der Waals surface area contributed by atoms with Crippen LogP contribution in [-0.2, 0) is 9.59 Å². The van der Waals surface area contributed by atoms with Gasteiger partial charge in [0.05, 0.1) is 11.8 Å². The summed E-state index contributed by atoms with van der Waals surface area (Å²) in [4.78, 5) is 39.1. The van der Waals surface area contributed by atoms with Crippen molar-refractivity contribution in [1.29, 1.82) is 0 Å². The average molecular weight is 301 g/mol. The number of amides is 4. The van der Waals surface area contributed by atoms with Crippen LogP contribution in [-0.4, -0.2) is 47.8 Å². The largest absolute Gasteiger partial charge is 0.323 e. The first-order valence-electron chi connectivity index (χ1n) is 7.33. The Balaban J connectivity index is 1.73. The Labute approximate surface area is 129 Å². The number of fused-ring (bicyclic) bond motifs is 1. The Morgan fingerprint density at radius 2 is 1.59 bits per heavy atom. The summed E-state index contributed by atoms with van der Waals surface area (Å²) < 4.78 is 0. The second-order valence-corrected chi connectivity index (χ2v) is 6.05. The van der Waals surface area contributed by atoms with E-state index in [0.29, 0.717) is 13.1 Å². The minimum absolute atomic E-state index is 0.183. The van der Waals surface area contributed by atoms with E-state index in [-0.39, 0.29) is 29.7 Å². The Kier molecular flexibility index (Phi) is 3.39. The first-order chi connectivity index (χ1) is 10.4. The van der Waals surface area contributed by atoms with Gasteiger partial charge in [-0.15, -0.1) is 0 Å². The Morgan fingerprint density at radius 1 is 1.09 bits per heavy atom. The fourth-order valence-electron chi connectivity index (χ4n) is 3.27. The zero-order valence-corrected chi connectivity index (χ0v) is 12.9. The topological polar surface area (TPSA) is 69.7 Å². The third-order valence-corrected chi connectivity index (χ3v) is 4.62. The van der Waals surface area contributed by atoms with Crippen LogP contribution >= 0.6 is 0 Å². The molecule has 2 fully saturated rings. The second kappa shape index (κ2) is 5.12. The molecule has 2 aliphatic rings. The number of hydrogen-bond acceptors (Lipinski definition) is 3. The van der Waals surface area contributed by atoms with Gasteiger partial charge >= 0.3 is 6.03 Å². The number of anilines is 1. The molecule has 4 amide bonds. The number of benzene rings is 1. The predicted octanol–water partition coefficient (Wildman–Crippen LogP) is 1.38. The van der Waals surface area contributed by atoms with Crippen molar-refractivity contribution in [2.75, 3.05) is 25.5 Å². The van der Waals surface area contributed by atoms with E-state index < -0.39 is 0 Å². The number of imide groups is 1. The van der Waals surface area contributed by atoms with E-state index in [0.717, 1.165) is 16.8 Å². The van der Waals surface area contributed by atoms with Crippen LogP contribution in [0.5, 0.6) is 0 Å². The first kappa shape index (κ1) is 14.6. The minimum atomic E-state index is -0.388. The molecular weight excluding hydrogens is 282 g/mol. The lowest BCUT2D eigenvalue weighted by Crippen LogP contribution is -2.38. The molecule has 1 aromatic rings. The van der Waals surface area contributed by atoms with Crippen LogP contribution < -0.4 is 5.32 Å². The maximum atomic E-state index is 12.4. The van der Waals surface area contributed by atoms with Crippen molar-refractivity contribution in [2.45, 2.75) is 13.8 Å². The number of rotatable bonds is 1. The third kappa shape index (κ3) is 2.15. The number of urea groups is 1. The quantitative estimate of drug-likeness (QED) is 0.797. The van der Waals surface area contributed by atoms with Crippen LogP contribution in [0.25, 0.3) is 0 Å². The van der Waals surface area contributed by atoms with Gasteiger partial charge in [-0.25, -0.2) is 4.79 Å². The maximum Gasteiger partial charge on any atom is 0.321 e. The van der Waals surface area contributed by atoms with E-state index in [9.17, 15) is 14.4 Å². The molecule has 6 heteroatoms. The number of hydrogen-bond donors (Lipinski definition) is 1. The molecule has 0 unspecified atom stereocenters. The van der Waals surface area contributed by atoms with Gasteiger partial charge in [-0.2, -0.15) is 0 Å². The normalized spacial score (nSPS) is 24.0. The van der Waals surface area contributed by atoms with Gasteiger partial charge in [-0.3, -0.25) is 14.5 Å². The maximum absolute atomic E-state index is 12.4. The van der Waals surface area contributed by atoms with Crippen molar-refractivity contribution in [3.8, 4) is 0 Å². The number of nitrogens with zero attached hydrogens (tertiary/aromatic N) is 2. The first-order valence-corrected chi connectivity index (χ1v) is 7.33. The summed E-state index contributed by atoms with van der Waals surface area (Å²) in [5.41, 5.74) is 2.76. The molecule has 2 saturated heterocycles. The van der Waals surface area contributed by atoms with E-state index in [1.807, 2.05) is 32.0 Å². The lowest BCUT2D eigenvalue weighted by Gasteiger charge is -2.21. The molecule has 6 nitrogen and oxygen atoms in total. The molecule has 0 spiro atoms.